The molecule has 2 amide bonds. The molecule has 0 aliphatic heterocycles. The van der Waals surface area contributed by atoms with Crippen molar-refractivity contribution in [1.29, 1.82) is 0 Å². The molecule has 3 aromatic rings. The molecule has 0 fully saturated rings. The molecule has 0 spiro atoms. The number of aryl methyl sites for hydroxylation is 1. The summed E-state index contributed by atoms with van der Waals surface area (Å²) in [6.07, 6.45) is 2.59. The van der Waals surface area contributed by atoms with Gasteiger partial charge >= 0.3 is 0 Å². The van der Waals surface area contributed by atoms with Crippen molar-refractivity contribution in [2.24, 2.45) is 5.73 Å². The average Bonchev–Trinajstić information content (AvgIpc) is 2.70. The first-order chi connectivity index (χ1) is 13.5. The summed E-state index contributed by atoms with van der Waals surface area (Å²) in [5, 5.41) is 2.60. The molecule has 6 heteroatoms. The van der Waals surface area contributed by atoms with E-state index in [1.54, 1.807) is 30.5 Å². The number of pyridine rings is 1. The molecule has 0 aliphatic carbocycles. The Bertz CT molecular complexity index is 1070. The van der Waals surface area contributed by atoms with Gasteiger partial charge in [0.2, 0.25) is 0 Å². The number of carbonyl (C=O) groups excluding carboxylic acids is 2. The van der Waals surface area contributed by atoms with Crippen molar-refractivity contribution >= 4 is 17.5 Å². The van der Waals surface area contributed by atoms with Gasteiger partial charge in [0.05, 0.1) is 17.8 Å². The Hall–Kier alpha value is -3.67. The topological polar surface area (TPSA) is 94.2 Å². The van der Waals surface area contributed by atoms with Crippen LogP contribution in [-0.4, -0.2) is 16.4 Å². The van der Waals surface area contributed by atoms with E-state index in [9.17, 15) is 14.4 Å². The van der Waals surface area contributed by atoms with Gasteiger partial charge in [0.1, 0.15) is 5.56 Å². The molecule has 0 radical (unpaired) electrons. The average molecular weight is 375 g/mol. The van der Waals surface area contributed by atoms with E-state index in [2.05, 4.69) is 12.2 Å². The van der Waals surface area contributed by atoms with Crippen molar-refractivity contribution in [3.05, 3.63) is 99.5 Å². The van der Waals surface area contributed by atoms with Crippen LogP contribution in [0.5, 0.6) is 0 Å². The zero-order valence-corrected chi connectivity index (χ0v) is 15.5. The van der Waals surface area contributed by atoms with Crippen LogP contribution in [0.2, 0.25) is 0 Å². The van der Waals surface area contributed by atoms with E-state index in [1.165, 1.54) is 22.3 Å². The lowest BCUT2D eigenvalue weighted by Gasteiger charge is -2.11. The van der Waals surface area contributed by atoms with Crippen LogP contribution in [0.4, 0.5) is 5.69 Å². The Kier molecular flexibility index (Phi) is 5.69. The highest BCUT2D eigenvalue weighted by Crippen LogP contribution is 2.15. The summed E-state index contributed by atoms with van der Waals surface area (Å²) in [5.41, 5.74) is 7.56. The highest BCUT2D eigenvalue weighted by Gasteiger charge is 2.15. The van der Waals surface area contributed by atoms with Gasteiger partial charge in [0.25, 0.3) is 17.4 Å². The largest absolute Gasteiger partial charge is 0.366 e. The normalized spacial score (nSPS) is 10.5. The van der Waals surface area contributed by atoms with Gasteiger partial charge in [-0.3, -0.25) is 14.4 Å². The fourth-order valence-electron chi connectivity index (χ4n) is 2.91. The maximum Gasteiger partial charge on any atom is 0.263 e. The molecule has 3 N–H and O–H groups in total. The van der Waals surface area contributed by atoms with Crippen LogP contribution in [0.25, 0.3) is 0 Å². The van der Waals surface area contributed by atoms with Crippen LogP contribution >= 0.6 is 0 Å². The first-order valence-corrected chi connectivity index (χ1v) is 8.97. The monoisotopic (exact) mass is 375 g/mol. The van der Waals surface area contributed by atoms with Crippen LogP contribution in [0.1, 0.15) is 38.8 Å². The Morgan fingerprint density at radius 3 is 2.25 bits per heavy atom. The number of carbonyl (C=O) groups is 2. The Morgan fingerprint density at radius 1 is 0.929 bits per heavy atom. The lowest BCUT2D eigenvalue weighted by molar-refractivity contribution is 0.100. The molecule has 0 saturated carbocycles. The number of anilines is 1. The molecular weight excluding hydrogens is 354 g/mol. The number of nitrogens with one attached hydrogen (secondary N) is 1. The van der Waals surface area contributed by atoms with E-state index in [-0.39, 0.29) is 16.8 Å². The van der Waals surface area contributed by atoms with E-state index >= 15 is 0 Å². The summed E-state index contributed by atoms with van der Waals surface area (Å²) < 4.78 is 1.48. The maximum atomic E-state index is 12.8. The van der Waals surface area contributed by atoms with Crippen molar-refractivity contribution < 1.29 is 9.59 Å². The van der Waals surface area contributed by atoms with Gasteiger partial charge < -0.3 is 15.6 Å². The van der Waals surface area contributed by atoms with Gasteiger partial charge in [-0.15, -0.1) is 0 Å². The zero-order valence-electron chi connectivity index (χ0n) is 15.5. The van der Waals surface area contributed by atoms with E-state index in [1.807, 2.05) is 24.3 Å². The van der Waals surface area contributed by atoms with Crippen LogP contribution in [-0.2, 0) is 13.0 Å². The highest BCUT2D eigenvalue weighted by atomic mass is 16.2. The fourth-order valence-corrected chi connectivity index (χ4v) is 2.91. The molecule has 0 atom stereocenters. The molecule has 1 heterocycles. The molecule has 1 aromatic heterocycles. The molecule has 0 unspecified atom stereocenters. The summed E-state index contributed by atoms with van der Waals surface area (Å²) in [4.78, 5) is 36.9. The first-order valence-electron chi connectivity index (χ1n) is 8.97. The zero-order chi connectivity index (χ0) is 20.1. The molecule has 3 rings (SSSR count). The van der Waals surface area contributed by atoms with Gasteiger partial charge in [-0.2, -0.15) is 0 Å². The van der Waals surface area contributed by atoms with Crippen molar-refractivity contribution in [3.8, 4) is 0 Å². The van der Waals surface area contributed by atoms with Crippen LogP contribution < -0.4 is 16.6 Å². The minimum Gasteiger partial charge on any atom is -0.366 e. The Balaban J connectivity index is 1.85. The molecule has 6 nitrogen and oxygen atoms in total. The van der Waals surface area contributed by atoms with Crippen molar-refractivity contribution in [1.82, 2.24) is 4.57 Å². The SMILES string of the molecule is CCc1ccc(Cn2cccc(C(=O)Nc3ccccc3C(N)=O)c2=O)cc1. The second-order valence-corrected chi connectivity index (χ2v) is 6.39. The fraction of sp³-hybridized carbons (Fsp3) is 0.136. The summed E-state index contributed by atoms with van der Waals surface area (Å²) >= 11 is 0. The van der Waals surface area contributed by atoms with Gasteiger partial charge in [-0.05, 0) is 41.8 Å². The summed E-state index contributed by atoms with van der Waals surface area (Å²) in [5.74, 6) is -1.24. The maximum absolute atomic E-state index is 12.8. The summed E-state index contributed by atoms with van der Waals surface area (Å²) in [7, 11) is 0. The summed E-state index contributed by atoms with van der Waals surface area (Å²) in [6, 6.07) is 17.5. The number of nitrogens with zero attached hydrogens (tertiary/aromatic N) is 1. The molecule has 2 aromatic carbocycles. The number of hydrogen-bond acceptors (Lipinski definition) is 3. The lowest BCUT2D eigenvalue weighted by Crippen LogP contribution is -2.29. The number of hydrogen-bond donors (Lipinski definition) is 2. The number of para-hydroxylation sites is 1. The molecular formula is C22H21N3O3. The van der Waals surface area contributed by atoms with E-state index in [0.717, 1.165) is 12.0 Å². The van der Waals surface area contributed by atoms with Crippen molar-refractivity contribution in [2.45, 2.75) is 19.9 Å². The second-order valence-electron chi connectivity index (χ2n) is 6.39. The number of nitrogens with two attached hydrogens (primary N) is 1. The summed E-state index contributed by atoms with van der Waals surface area (Å²) in [6.45, 7) is 2.44. The Morgan fingerprint density at radius 2 is 1.57 bits per heavy atom. The van der Waals surface area contributed by atoms with Crippen LogP contribution in [0.15, 0.2) is 71.7 Å². The smallest absolute Gasteiger partial charge is 0.263 e. The molecule has 0 aliphatic rings. The standard InChI is InChI=1S/C22H21N3O3/c1-2-15-9-11-16(12-10-15)14-25-13-5-7-18(22(25)28)21(27)24-19-8-4-3-6-17(19)20(23)26/h3-13H,2,14H2,1H3,(H2,23,26)(H,24,27). The molecule has 142 valence electrons. The highest BCUT2D eigenvalue weighted by molar-refractivity contribution is 6.08. The molecule has 0 bridgehead atoms. The predicted octanol–water partition coefficient (Wildman–Crippen LogP) is 2.81. The number of benzene rings is 2. The van der Waals surface area contributed by atoms with Crippen LogP contribution in [0, 0.1) is 0 Å². The minimum atomic E-state index is -0.656. The van der Waals surface area contributed by atoms with Crippen molar-refractivity contribution in [3.63, 3.8) is 0 Å². The van der Waals surface area contributed by atoms with Gasteiger partial charge in [-0.25, -0.2) is 0 Å². The van der Waals surface area contributed by atoms with Crippen LogP contribution in [0.3, 0.4) is 0 Å². The second kappa shape index (κ2) is 8.35. The Labute approximate surface area is 162 Å². The first kappa shape index (κ1) is 19.1. The lowest BCUT2D eigenvalue weighted by atomic mass is 10.1. The third kappa shape index (κ3) is 4.17. The predicted molar refractivity (Wildman–Crippen MR) is 109 cm³/mol. The molecule has 0 saturated heterocycles. The molecule has 28 heavy (non-hydrogen) atoms. The van der Waals surface area contributed by atoms with Gasteiger partial charge in [0, 0.05) is 6.20 Å². The number of rotatable bonds is 6. The third-order valence-corrected chi connectivity index (χ3v) is 4.49. The number of primary amides is 1. The van der Waals surface area contributed by atoms with Gasteiger partial charge in [0.15, 0.2) is 0 Å². The van der Waals surface area contributed by atoms with Crippen molar-refractivity contribution in [2.75, 3.05) is 5.32 Å². The quantitative estimate of drug-likeness (QED) is 0.694. The van der Waals surface area contributed by atoms with E-state index in [4.69, 9.17) is 5.73 Å². The number of aromatic nitrogens is 1. The third-order valence-electron chi connectivity index (χ3n) is 4.49. The van der Waals surface area contributed by atoms with E-state index < -0.39 is 17.4 Å². The minimum absolute atomic E-state index is 0.00745. The van der Waals surface area contributed by atoms with E-state index in [0.29, 0.717) is 6.54 Å². The van der Waals surface area contributed by atoms with Gasteiger partial charge in [-0.1, -0.05) is 43.3 Å². The number of amides is 2.